The van der Waals surface area contributed by atoms with Gasteiger partial charge in [-0.15, -0.1) is 0 Å². The van der Waals surface area contributed by atoms with Crippen molar-refractivity contribution < 1.29 is 9.18 Å². The molecule has 0 heterocycles. The first-order valence-electron chi connectivity index (χ1n) is 5.88. The minimum atomic E-state index is -0.501. The largest absolute Gasteiger partial charge is 0.324 e. The Bertz CT molecular complexity index is 382. The molecule has 0 aliphatic rings. The topological polar surface area (TPSA) is 29.1 Å². The third-order valence-corrected chi connectivity index (χ3v) is 2.70. The molecule has 2 nitrogen and oxygen atoms in total. The molecule has 4 heteroatoms. The highest BCUT2D eigenvalue weighted by Gasteiger charge is 2.06. The van der Waals surface area contributed by atoms with Crippen molar-refractivity contribution >= 4 is 23.2 Å². The standard InChI is InChI=1S/C13H17ClFNO/c1-2-3-4-5-6-13(17)16-12-8-7-10(14)9-11(12)15/h7-9H,2-6H2,1H3,(H,16,17). The minimum absolute atomic E-state index is 0.151. The third-order valence-electron chi connectivity index (χ3n) is 2.46. The zero-order valence-electron chi connectivity index (χ0n) is 9.93. The van der Waals surface area contributed by atoms with E-state index >= 15 is 0 Å². The molecule has 1 aromatic rings. The maximum Gasteiger partial charge on any atom is 0.224 e. The number of halogens is 2. The number of rotatable bonds is 6. The molecule has 0 saturated carbocycles. The predicted octanol–water partition coefficient (Wildman–Crippen LogP) is 4.39. The quantitative estimate of drug-likeness (QED) is 0.753. The van der Waals surface area contributed by atoms with Crippen LogP contribution in [0.3, 0.4) is 0 Å². The van der Waals surface area contributed by atoms with E-state index in [4.69, 9.17) is 11.6 Å². The van der Waals surface area contributed by atoms with Gasteiger partial charge in [0.1, 0.15) is 5.82 Å². The van der Waals surface area contributed by atoms with Crippen LogP contribution in [0.1, 0.15) is 39.0 Å². The van der Waals surface area contributed by atoms with Crippen LogP contribution in [0.4, 0.5) is 10.1 Å². The molecular formula is C13H17ClFNO. The summed E-state index contributed by atoms with van der Waals surface area (Å²) < 4.78 is 13.4. The molecule has 1 aromatic carbocycles. The van der Waals surface area contributed by atoms with E-state index in [1.54, 1.807) is 6.07 Å². The lowest BCUT2D eigenvalue weighted by Crippen LogP contribution is -2.12. The van der Waals surface area contributed by atoms with Crippen LogP contribution < -0.4 is 5.32 Å². The first-order chi connectivity index (χ1) is 8.13. The molecule has 17 heavy (non-hydrogen) atoms. The Hall–Kier alpha value is -1.09. The number of carbonyl (C=O) groups excluding carboxylic acids is 1. The van der Waals surface area contributed by atoms with Crippen LogP contribution in [0.15, 0.2) is 18.2 Å². The zero-order chi connectivity index (χ0) is 12.7. The van der Waals surface area contributed by atoms with Crippen molar-refractivity contribution in [2.45, 2.75) is 39.0 Å². The second kappa shape index (κ2) is 7.28. The van der Waals surface area contributed by atoms with E-state index in [9.17, 15) is 9.18 Å². The van der Waals surface area contributed by atoms with Crippen molar-refractivity contribution in [3.63, 3.8) is 0 Å². The van der Waals surface area contributed by atoms with Crippen molar-refractivity contribution in [3.8, 4) is 0 Å². The molecule has 0 radical (unpaired) electrons. The fourth-order valence-electron chi connectivity index (χ4n) is 1.52. The number of carbonyl (C=O) groups is 1. The van der Waals surface area contributed by atoms with Gasteiger partial charge in [-0.05, 0) is 24.6 Å². The Morgan fingerprint density at radius 2 is 2.12 bits per heavy atom. The fraction of sp³-hybridized carbons (Fsp3) is 0.462. The van der Waals surface area contributed by atoms with Crippen molar-refractivity contribution in [1.82, 2.24) is 0 Å². The Morgan fingerprint density at radius 1 is 1.35 bits per heavy atom. The van der Waals surface area contributed by atoms with Crippen LogP contribution in [-0.4, -0.2) is 5.91 Å². The lowest BCUT2D eigenvalue weighted by atomic mass is 10.1. The normalized spacial score (nSPS) is 10.3. The minimum Gasteiger partial charge on any atom is -0.324 e. The Morgan fingerprint density at radius 3 is 2.76 bits per heavy atom. The summed E-state index contributed by atoms with van der Waals surface area (Å²) in [6, 6.07) is 4.22. The van der Waals surface area contributed by atoms with Gasteiger partial charge >= 0.3 is 0 Å². The molecule has 0 aliphatic carbocycles. The highest BCUT2D eigenvalue weighted by molar-refractivity contribution is 6.30. The Balaban J connectivity index is 2.40. The second-order valence-corrected chi connectivity index (χ2v) is 4.42. The van der Waals surface area contributed by atoms with Gasteiger partial charge in [-0.3, -0.25) is 4.79 Å². The van der Waals surface area contributed by atoms with E-state index in [-0.39, 0.29) is 11.6 Å². The van der Waals surface area contributed by atoms with E-state index in [0.717, 1.165) is 25.7 Å². The maximum atomic E-state index is 13.4. The summed E-state index contributed by atoms with van der Waals surface area (Å²) in [4.78, 5) is 11.5. The molecule has 0 atom stereocenters. The van der Waals surface area contributed by atoms with E-state index in [1.807, 2.05) is 0 Å². The molecule has 0 unspecified atom stereocenters. The molecule has 1 N–H and O–H groups in total. The van der Waals surface area contributed by atoms with E-state index in [2.05, 4.69) is 12.2 Å². The highest BCUT2D eigenvalue weighted by Crippen LogP contribution is 2.19. The average Bonchev–Trinajstić information content (AvgIpc) is 2.28. The lowest BCUT2D eigenvalue weighted by molar-refractivity contribution is -0.116. The molecule has 0 bridgehead atoms. The monoisotopic (exact) mass is 257 g/mol. The predicted molar refractivity (Wildman–Crippen MR) is 68.8 cm³/mol. The summed E-state index contributed by atoms with van der Waals surface area (Å²) >= 11 is 5.62. The average molecular weight is 258 g/mol. The SMILES string of the molecule is CCCCCCC(=O)Nc1ccc(Cl)cc1F. The first kappa shape index (κ1) is 14.0. The van der Waals surface area contributed by atoms with Gasteiger partial charge in [0, 0.05) is 11.4 Å². The van der Waals surface area contributed by atoms with Crippen LogP contribution in [0, 0.1) is 5.82 Å². The summed E-state index contributed by atoms with van der Waals surface area (Å²) in [6.07, 6.45) is 4.57. The molecule has 1 rings (SSSR count). The fourth-order valence-corrected chi connectivity index (χ4v) is 1.67. The summed E-state index contributed by atoms with van der Waals surface area (Å²) in [5, 5.41) is 2.86. The molecule has 0 aromatic heterocycles. The van der Waals surface area contributed by atoms with Crippen molar-refractivity contribution in [2.24, 2.45) is 0 Å². The van der Waals surface area contributed by atoms with Crippen LogP contribution in [-0.2, 0) is 4.79 Å². The van der Waals surface area contributed by atoms with E-state index in [1.165, 1.54) is 12.1 Å². The number of nitrogens with one attached hydrogen (secondary N) is 1. The van der Waals surface area contributed by atoms with E-state index in [0.29, 0.717) is 11.4 Å². The Kier molecular flexibility index (Phi) is 5.98. The van der Waals surface area contributed by atoms with E-state index < -0.39 is 5.82 Å². The van der Waals surface area contributed by atoms with Gasteiger partial charge in [0.15, 0.2) is 0 Å². The van der Waals surface area contributed by atoms with Gasteiger partial charge in [0.25, 0.3) is 0 Å². The van der Waals surface area contributed by atoms with Crippen molar-refractivity contribution in [3.05, 3.63) is 29.0 Å². The summed E-state index contributed by atoms with van der Waals surface area (Å²) in [5.74, 6) is -0.651. The number of hydrogen-bond acceptors (Lipinski definition) is 1. The van der Waals surface area contributed by atoms with Crippen LogP contribution in [0.25, 0.3) is 0 Å². The molecule has 94 valence electrons. The second-order valence-electron chi connectivity index (χ2n) is 3.98. The van der Waals surface area contributed by atoms with Gasteiger partial charge in [0.2, 0.25) is 5.91 Å². The summed E-state index contributed by atoms with van der Waals surface area (Å²) in [6.45, 7) is 2.11. The Labute approximate surface area is 106 Å². The third kappa shape index (κ3) is 5.18. The summed E-state index contributed by atoms with van der Waals surface area (Å²) in [7, 11) is 0. The zero-order valence-corrected chi connectivity index (χ0v) is 10.7. The van der Waals surface area contributed by atoms with Crippen LogP contribution in [0.5, 0.6) is 0 Å². The molecular weight excluding hydrogens is 241 g/mol. The van der Waals surface area contributed by atoms with Crippen molar-refractivity contribution in [2.75, 3.05) is 5.32 Å². The maximum absolute atomic E-state index is 13.4. The van der Waals surface area contributed by atoms with Gasteiger partial charge in [0.05, 0.1) is 5.69 Å². The van der Waals surface area contributed by atoms with Gasteiger partial charge < -0.3 is 5.32 Å². The van der Waals surface area contributed by atoms with Crippen LogP contribution in [0.2, 0.25) is 5.02 Å². The number of amides is 1. The lowest BCUT2D eigenvalue weighted by Gasteiger charge is -2.06. The summed E-state index contributed by atoms with van der Waals surface area (Å²) in [5.41, 5.74) is 0.190. The number of hydrogen-bond donors (Lipinski definition) is 1. The van der Waals surface area contributed by atoms with Crippen LogP contribution >= 0.6 is 11.6 Å². The molecule has 0 fully saturated rings. The highest BCUT2D eigenvalue weighted by atomic mass is 35.5. The number of benzene rings is 1. The molecule has 0 saturated heterocycles. The first-order valence-corrected chi connectivity index (χ1v) is 6.26. The molecule has 0 aliphatic heterocycles. The number of anilines is 1. The number of unbranched alkanes of at least 4 members (excludes halogenated alkanes) is 3. The van der Waals surface area contributed by atoms with Gasteiger partial charge in [-0.25, -0.2) is 4.39 Å². The molecule has 0 spiro atoms. The smallest absolute Gasteiger partial charge is 0.224 e. The van der Waals surface area contributed by atoms with Gasteiger partial charge in [-0.1, -0.05) is 37.8 Å². The molecule has 1 amide bonds. The van der Waals surface area contributed by atoms with Crippen molar-refractivity contribution in [1.29, 1.82) is 0 Å². The van der Waals surface area contributed by atoms with Gasteiger partial charge in [-0.2, -0.15) is 0 Å².